The smallest absolute Gasteiger partial charge is 0.313 e. The van der Waals surface area contributed by atoms with E-state index in [4.69, 9.17) is 22.1 Å². The Morgan fingerprint density at radius 3 is 2.79 bits per heavy atom. The van der Waals surface area contributed by atoms with Crippen molar-refractivity contribution in [1.29, 1.82) is 0 Å². The molecule has 1 heterocycles. The van der Waals surface area contributed by atoms with E-state index in [0.29, 0.717) is 4.47 Å². The van der Waals surface area contributed by atoms with Gasteiger partial charge in [0.1, 0.15) is 0 Å². The third-order valence-electron chi connectivity index (χ3n) is 2.17. The number of nitrogens with zero attached hydrogens (tertiary/aromatic N) is 2. The lowest BCUT2D eigenvalue weighted by atomic mass is 10.3. The molecule has 6 nitrogen and oxygen atoms in total. The van der Waals surface area contributed by atoms with Crippen molar-refractivity contribution in [3.05, 3.63) is 50.1 Å². The molecule has 0 saturated carbocycles. The zero-order valence-corrected chi connectivity index (χ0v) is 11.7. The summed E-state index contributed by atoms with van der Waals surface area (Å²) in [6.07, 6.45) is 1.48. The summed E-state index contributed by atoms with van der Waals surface area (Å²) in [6.45, 7) is 0. The van der Waals surface area contributed by atoms with Crippen LogP contribution in [-0.2, 0) is 0 Å². The molecule has 19 heavy (non-hydrogen) atoms. The molecule has 0 aliphatic carbocycles. The second-order valence-electron chi connectivity index (χ2n) is 3.52. The molecule has 0 aliphatic rings. The van der Waals surface area contributed by atoms with Crippen molar-refractivity contribution in [3.63, 3.8) is 0 Å². The minimum atomic E-state index is -0.587. The molecule has 1 aromatic heterocycles. The molecular formula is C11H7BrClN3O3. The van der Waals surface area contributed by atoms with E-state index < -0.39 is 4.92 Å². The van der Waals surface area contributed by atoms with E-state index in [2.05, 4.69) is 20.9 Å². The molecule has 1 aromatic carbocycles. The molecule has 0 fully saturated rings. The minimum Gasteiger partial charge on any atom is -0.430 e. The first-order valence-corrected chi connectivity index (χ1v) is 6.17. The van der Waals surface area contributed by atoms with Gasteiger partial charge in [0.2, 0.25) is 11.6 Å². The number of anilines is 1. The molecule has 0 radical (unpaired) electrons. The maximum atomic E-state index is 10.9. The molecular weight excluding hydrogens is 337 g/mol. The Bertz CT molecular complexity index is 651. The Hall–Kier alpha value is -1.86. The van der Waals surface area contributed by atoms with Gasteiger partial charge in [-0.05, 0) is 34.1 Å². The topological polar surface area (TPSA) is 91.3 Å². The third-order valence-corrected chi connectivity index (χ3v) is 2.84. The highest BCUT2D eigenvalue weighted by atomic mass is 79.9. The van der Waals surface area contributed by atoms with Crippen molar-refractivity contribution < 1.29 is 9.66 Å². The van der Waals surface area contributed by atoms with Gasteiger partial charge < -0.3 is 10.5 Å². The summed E-state index contributed by atoms with van der Waals surface area (Å²) in [7, 11) is 0. The van der Waals surface area contributed by atoms with E-state index in [1.807, 2.05) is 0 Å². The van der Waals surface area contributed by atoms with Gasteiger partial charge in [-0.3, -0.25) is 10.1 Å². The van der Waals surface area contributed by atoms with Crippen LogP contribution in [0.4, 0.5) is 11.4 Å². The van der Waals surface area contributed by atoms with Gasteiger partial charge in [-0.15, -0.1) is 0 Å². The lowest BCUT2D eigenvalue weighted by molar-refractivity contribution is -0.385. The van der Waals surface area contributed by atoms with Gasteiger partial charge in [-0.25, -0.2) is 4.98 Å². The molecule has 0 amide bonds. The molecule has 0 spiro atoms. The number of nitrogens with two attached hydrogens (primary N) is 1. The largest absolute Gasteiger partial charge is 0.430 e. The van der Waals surface area contributed by atoms with Crippen LogP contribution in [0.25, 0.3) is 0 Å². The Morgan fingerprint density at radius 2 is 2.16 bits per heavy atom. The second kappa shape index (κ2) is 5.41. The maximum absolute atomic E-state index is 10.9. The number of halogens is 2. The summed E-state index contributed by atoms with van der Waals surface area (Å²) in [5, 5.41) is 11.2. The molecule has 0 aliphatic heterocycles. The van der Waals surface area contributed by atoms with Crippen LogP contribution in [0.15, 0.2) is 34.9 Å². The van der Waals surface area contributed by atoms with E-state index in [1.54, 1.807) is 6.07 Å². The maximum Gasteiger partial charge on any atom is 0.313 e. The zero-order chi connectivity index (χ0) is 14.0. The van der Waals surface area contributed by atoms with Crippen molar-refractivity contribution in [3.8, 4) is 11.6 Å². The highest BCUT2D eigenvalue weighted by molar-refractivity contribution is 9.10. The van der Waals surface area contributed by atoms with Crippen molar-refractivity contribution in [1.82, 2.24) is 4.98 Å². The van der Waals surface area contributed by atoms with Gasteiger partial charge in [-0.2, -0.15) is 0 Å². The average molecular weight is 345 g/mol. The number of nitrogen functional groups attached to an aromatic ring is 1. The molecule has 8 heteroatoms. The summed E-state index contributed by atoms with van der Waals surface area (Å²) in [4.78, 5) is 14.3. The van der Waals surface area contributed by atoms with Gasteiger partial charge in [-0.1, -0.05) is 11.6 Å². The van der Waals surface area contributed by atoms with Crippen LogP contribution >= 0.6 is 27.5 Å². The average Bonchev–Trinajstić information content (AvgIpc) is 2.34. The normalized spacial score (nSPS) is 10.2. The highest BCUT2D eigenvalue weighted by Crippen LogP contribution is 2.35. The number of benzene rings is 1. The standard InChI is InChI=1S/C11H7BrClN3O3/c12-6-3-8(14)11(15-5-6)19-10-2-1-7(13)4-9(10)16(17)18/h1-5H,14H2. The van der Waals surface area contributed by atoms with Crippen LogP contribution in [-0.4, -0.2) is 9.91 Å². The monoisotopic (exact) mass is 343 g/mol. The number of nitro groups is 1. The fourth-order valence-electron chi connectivity index (χ4n) is 1.35. The number of hydrogen-bond donors (Lipinski definition) is 1. The third kappa shape index (κ3) is 3.12. The van der Waals surface area contributed by atoms with E-state index in [9.17, 15) is 10.1 Å². The Kier molecular flexibility index (Phi) is 3.87. The van der Waals surface area contributed by atoms with Crippen LogP contribution in [0.2, 0.25) is 5.02 Å². The summed E-state index contributed by atoms with van der Waals surface area (Å²) in [5.41, 5.74) is 5.72. The Balaban J connectivity index is 2.40. The molecule has 2 aromatic rings. The SMILES string of the molecule is Nc1cc(Br)cnc1Oc1ccc(Cl)cc1[N+](=O)[O-]. The van der Waals surface area contributed by atoms with Crippen molar-refractivity contribution in [2.24, 2.45) is 0 Å². The van der Waals surface area contributed by atoms with Crippen LogP contribution in [0.3, 0.4) is 0 Å². The van der Waals surface area contributed by atoms with Gasteiger partial charge in [0.25, 0.3) is 0 Å². The first-order chi connectivity index (χ1) is 8.97. The lowest BCUT2D eigenvalue weighted by Crippen LogP contribution is -1.98. The lowest BCUT2D eigenvalue weighted by Gasteiger charge is -2.07. The van der Waals surface area contributed by atoms with E-state index in [1.165, 1.54) is 24.4 Å². The Morgan fingerprint density at radius 1 is 1.42 bits per heavy atom. The molecule has 98 valence electrons. The van der Waals surface area contributed by atoms with E-state index in [0.717, 1.165) is 0 Å². The first-order valence-electron chi connectivity index (χ1n) is 5.00. The van der Waals surface area contributed by atoms with Crippen LogP contribution in [0.1, 0.15) is 0 Å². The summed E-state index contributed by atoms with van der Waals surface area (Å²) >= 11 is 8.91. The fourth-order valence-corrected chi connectivity index (χ4v) is 1.87. The highest BCUT2D eigenvalue weighted by Gasteiger charge is 2.17. The zero-order valence-electron chi connectivity index (χ0n) is 9.34. The number of nitro benzene ring substituents is 1. The molecule has 2 rings (SSSR count). The Labute approximate surface area is 121 Å². The molecule has 0 saturated heterocycles. The summed E-state index contributed by atoms with van der Waals surface area (Å²) in [6, 6.07) is 5.67. The van der Waals surface area contributed by atoms with Crippen LogP contribution < -0.4 is 10.5 Å². The number of rotatable bonds is 3. The number of ether oxygens (including phenoxy) is 1. The first kappa shape index (κ1) is 13.6. The number of pyridine rings is 1. The van der Waals surface area contributed by atoms with E-state index in [-0.39, 0.29) is 28.0 Å². The van der Waals surface area contributed by atoms with E-state index >= 15 is 0 Å². The summed E-state index contributed by atoms with van der Waals surface area (Å²) < 4.78 is 6.04. The van der Waals surface area contributed by atoms with Crippen molar-refractivity contribution in [2.45, 2.75) is 0 Å². The quantitative estimate of drug-likeness (QED) is 0.676. The van der Waals surface area contributed by atoms with Gasteiger partial charge >= 0.3 is 5.69 Å². The van der Waals surface area contributed by atoms with Crippen LogP contribution in [0.5, 0.6) is 11.6 Å². The van der Waals surface area contributed by atoms with Gasteiger partial charge in [0.15, 0.2) is 0 Å². The second-order valence-corrected chi connectivity index (χ2v) is 4.87. The predicted octanol–water partition coefficient (Wildman–Crippen LogP) is 3.78. The summed E-state index contributed by atoms with van der Waals surface area (Å²) in [5.74, 6) is 0.115. The molecule has 2 N–H and O–H groups in total. The van der Waals surface area contributed by atoms with Gasteiger partial charge in [0.05, 0.1) is 10.6 Å². The molecule has 0 atom stereocenters. The number of hydrogen-bond acceptors (Lipinski definition) is 5. The molecule has 0 bridgehead atoms. The number of aromatic nitrogens is 1. The van der Waals surface area contributed by atoms with Gasteiger partial charge in [0, 0.05) is 21.8 Å². The van der Waals surface area contributed by atoms with Crippen molar-refractivity contribution in [2.75, 3.05) is 5.73 Å². The molecule has 0 unspecified atom stereocenters. The predicted molar refractivity (Wildman–Crippen MR) is 74.5 cm³/mol. The minimum absolute atomic E-state index is 0.0240. The van der Waals surface area contributed by atoms with Crippen LogP contribution in [0, 0.1) is 10.1 Å². The fraction of sp³-hybridized carbons (Fsp3) is 0. The van der Waals surface area contributed by atoms with Crippen molar-refractivity contribution >= 4 is 38.9 Å².